The fourth-order valence-electron chi connectivity index (χ4n) is 2.83. The van der Waals surface area contributed by atoms with Crippen LogP contribution >= 0.6 is 0 Å². The number of fused-ring (bicyclic) bond motifs is 1. The van der Waals surface area contributed by atoms with Crippen LogP contribution in [-0.4, -0.2) is 24.9 Å². The largest absolute Gasteiger partial charge is 0.441 e. The molecular formula is C14H17NO3S. The Bertz CT molecular complexity index is 703. The van der Waals surface area contributed by atoms with Crippen LogP contribution in [0, 0.1) is 12.8 Å². The Kier molecular flexibility index (Phi) is 3.09. The number of benzene rings is 1. The summed E-state index contributed by atoms with van der Waals surface area (Å²) in [7, 11) is -2.82. The van der Waals surface area contributed by atoms with Crippen molar-refractivity contribution in [3.8, 4) is 0 Å². The summed E-state index contributed by atoms with van der Waals surface area (Å²) in [5.74, 6) is 1.57. The molecule has 1 atom stereocenters. The van der Waals surface area contributed by atoms with Gasteiger partial charge in [0.2, 0.25) is 0 Å². The van der Waals surface area contributed by atoms with E-state index in [9.17, 15) is 8.42 Å². The highest BCUT2D eigenvalue weighted by Crippen LogP contribution is 2.24. The molecule has 0 bridgehead atoms. The summed E-state index contributed by atoms with van der Waals surface area (Å²) in [6, 6.07) is 5.93. The molecule has 1 aromatic carbocycles. The summed E-state index contributed by atoms with van der Waals surface area (Å²) >= 11 is 0. The lowest BCUT2D eigenvalue weighted by Gasteiger charge is -2.21. The van der Waals surface area contributed by atoms with Gasteiger partial charge in [0.05, 0.1) is 11.5 Å². The van der Waals surface area contributed by atoms with Gasteiger partial charge in [0, 0.05) is 6.92 Å². The van der Waals surface area contributed by atoms with E-state index in [0.717, 1.165) is 35.9 Å². The Hall–Kier alpha value is -1.36. The lowest BCUT2D eigenvalue weighted by molar-refractivity contribution is 0.484. The lowest BCUT2D eigenvalue weighted by atomic mass is 9.96. The van der Waals surface area contributed by atoms with E-state index in [0.29, 0.717) is 17.4 Å². The quantitative estimate of drug-likeness (QED) is 0.847. The fraction of sp³-hybridized carbons (Fsp3) is 0.500. The number of sulfone groups is 1. The minimum absolute atomic E-state index is 0.240. The van der Waals surface area contributed by atoms with Crippen molar-refractivity contribution in [2.24, 2.45) is 5.92 Å². The van der Waals surface area contributed by atoms with Gasteiger partial charge in [0.25, 0.3) is 0 Å². The first-order valence-corrected chi connectivity index (χ1v) is 8.40. The third kappa shape index (κ3) is 2.81. The molecule has 0 saturated carbocycles. The molecule has 4 nitrogen and oxygen atoms in total. The summed E-state index contributed by atoms with van der Waals surface area (Å²) in [6.45, 7) is 1.83. The van der Waals surface area contributed by atoms with Crippen molar-refractivity contribution in [2.75, 3.05) is 11.5 Å². The number of nitrogens with zero attached hydrogens (tertiary/aromatic N) is 1. The monoisotopic (exact) mass is 279 g/mol. The van der Waals surface area contributed by atoms with Crippen molar-refractivity contribution < 1.29 is 12.8 Å². The second kappa shape index (κ2) is 4.63. The molecule has 1 fully saturated rings. The van der Waals surface area contributed by atoms with Gasteiger partial charge >= 0.3 is 0 Å². The first-order chi connectivity index (χ1) is 9.02. The van der Waals surface area contributed by atoms with Crippen LogP contribution in [0.5, 0.6) is 0 Å². The Morgan fingerprint density at radius 1 is 1.42 bits per heavy atom. The van der Waals surface area contributed by atoms with E-state index in [-0.39, 0.29) is 5.92 Å². The van der Waals surface area contributed by atoms with E-state index in [1.165, 1.54) is 0 Å². The molecule has 0 unspecified atom stereocenters. The van der Waals surface area contributed by atoms with Gasteiger partial charge in [-0.3, -0.25) is 0 Å². The predicted molar refractivity (Wildman–Crippen MR) is 73.8 cm³/mol. The van der Waals surface area contributed by atoms with Gasteiger partial charge in [-0.25, -0.2) is 13.4 Å². The first kappa shape index (κ1) is 12.7. The number of rotatable bonds is 2. The summed E-state index contributed by atoms with van der Waals surface area (Å²) < 4.78 is 28.7. The van der Waals surface area contributed by atoms with Gasteiger partial charge < -0.3 is 4.42 Å². The highest BCUT2D eigenvalue weighted by Gasteiger charge is 2.24. The van der Waals surface area contributed by atoms with E-state index in [4.69, 9.17) is 4.42 Å². The first-order valence-electron chi connectivity index (χ1n) is 6.58. The van der Waals surface area contributed by atoms with Crippen molar-refractivity contribution >= 4 is 20.9 Å². The topological polar surface area (TPSA) is 60.2 Å². The van der Waals surface area contributed by atoms with E-state index in [1.807, 2.05) is 25.1 Å². The normalized spacial score (nSPS) is 22.7. The zero-order valence-corrected chi connectivity index (χ0v) is 11.7. The number of aryl methyl sites for hydroxylation is 1. The maximum atomic E-state index is 11.6. The highest BCUT2D eigenvalue weighted by molar-refractivity contribution is 7.91. The zero-order valence-electron chi connectivity index (χ0n) is 10.9. The maximum Gasteiger partial charge on any atom is 0.192 e. The van der Waals surface area contributed by atoms with Crippen LogP contribution in [0.1, 0.15) is 24.3 Å². The average molecular weight is 279 g/mol. The maximum absolute atomic E-state index is 11.6. The molecule has 0 amide bonds. The molecular weight excluding hydrogens is 262 g/mol. The van der Waals surface area contributed by atoms with E-state index < -0.39 is 9.84 Å². The zero-order chi connectivity index (χ0) is 13.5. The fourth-order valence-corrected chi connectivity index (χ4v) is 4.60. The Morgan fingerprint density at radius 2 is 2.26 bits per heavy atom. The van der Waals surface area contributed by atoms with Crippen LogP contribution in [0.25, 0.3) is 11.1 Å². The second-order valence-electron chi connectivity index (χ2n) is 5.36. The molecule has 1 saturated heterocycles. The smallest absolute Gasteiger partial charge is 0.192 e. The second-order valence-corrected chi connectivity index (χ2v) is 7.59. The van der Waals surface area contributed by atoms with Crippen LogP contribution in [-0.2, 0) is 16.3 Å². The molecule has 0 N–H and O–H groups in total. The van der Waals surface area contributed by atoms with Crippen LogP contribution < -0.4 is 0 Å². The highest BCUT2D eigenvalue weighted by atomic mass is 32.2. The Labute approximate surface area is 112 Å². The van der Waals surface area contributed by atoms with Gasteiger partial charge in [-0.15, -0.1) is 0 Å². The number of oxazole rings is 1. The van der Waals surface area contributed by atoms with Crippen molar-refractivity contribution in [1.29, 1.82) is 0 Å². The SMILES string of the molecule is Cc1nc2cc(C[C@H]3CCCS(=O)(=O)C3)ccc2o1. The standard InChI is InChI=1S/C14H17NO3S/c1-10-15-13-8-11(4-5-14(13)18-10)7-12-3-2-6-19(16,17)9-12/h4-5,8,12H,2-3,6-7,9H2,1H3/t12-/m1/s1. The molecule has 5 heteroatoms. The van der Waals surface area contributed by atoms with Crippen molar-refractivity contribution in [1.82, 2.24) is 4.98 Å². The molecule has 0 radical (unpaired) electrons. The van der Waals surface area contributed by atoms with E-state index >= 15 is 0 Å². The number of hydrogen-bond acceptors (Lipinski definition) is 4. The molecule has 1 aromatic heterocycles. The van der Waals surface area contributed by atoms with Crippen LogP contribution in [0.4, 0.5) is 0 Å². The molecule has 2 heterocycles. The van der Waals surface area contributed by atoms with Gasteiger partial charge in [0.15, 0.2) is 21.3 Å². The molecule has 0 spiro atoms. The minimum Gasteiger partial charge on any atom is -0.441 e. The van der Waals surface area contributed by atoms with Crippen LogP contribution in [0.2, 0.25) is 0 Å². The van der Waals surface area contributed by atoms with Crippen LogP contribution in [0.15, 0.2) is 22.6 Å². The minimum atomic E-state index is -2.82. The Balaban J connectivity index is 1.81. The molecule has 102 valence electrons. The average Bonchev–Trinajstić information content (AvgIpc) is 2.67. The van der Waals surface area contributed by atoms with Gasteiger partial charge in [0.1, 0.15) is 5.52 Å². The lowest BCUT2D eigenvalue weighted by Crippen LogP contribution is -2.26. The Morgan fingerprint density at radius 3 is 3.05 bits per heavy atom. The number of aromatic nitrogens is 1. The van der Waals surface area contributed by atoms with E-state index in [1.54, 1.807) is 0 Å². The molecule has 1 aliphatic rings. The third-order valence-corrected chi connectivity index (χ3v) is 5.53. The van der Waals surface area contributed by atoms with Crippen LogP contribution in [0.3, 0.4) is 0 Å². The summed E-state index contributed by atoms with van der Waals surface area (Å²) in [6.07, 6.45) is 2.59. The summed E-state index contributed by atoms with van der Waals surface area (Å²) in [5, 5.41) is 0. The van der Waals surface area contributed by atoms with Gasteiger partial charge in [-0.1, -0.05) is 6.07 Å². The van der Waals surface area contributed by atoms with Gasteiger partial charge in [-0.05, 0) is 42.9 Å². The molecule has 19 heavy (non-hydrogen) atoms. The summed E-state index contributed by atoms with van der Waals surface area (Å²) in [4.78, 5) is 4.31. The van der Waals surface area contributed by atoms with Crippen molar-refractivity contribution in [3.63, 3.8) is 0 Å². The van der Waals surface area contributed by atoms with Gasteiger partial charge in [-0.2, -0.15) is 0 Å². The number of hydrogen-bond donors (Lipinski definition) is 0. The predicted octanol–water partition coefficient (Wildman–Crippen LogP) is 2.50. The van der Waals surface area contributed by atoms with Crippen molar-refractivity contribution in [3.05, 3.63) is 29.7 Å². The molecule has 1 aliphatic heterocycles. The molecule has 3 rings (SSSR count). The third-order valence-electron chi connectivity index (χ3n) is 3.64. The van der Waals surface area contributed by atoms with E-state index in [2.05, 4.69) is 4.98 Å². The van der Waals surface area contributed by atoms with Crippen molar-refractivity contribution in [2.45, 2.75) is 26.2 Å². The molecule has 2 aromatic rings. The molecule has 0 aliphatic carbocycles. The summed E-state index contributed by atoms with van der Waals surface area (Å²) in [5.41, 5.74) is 2.79.